The maximum Gasteiger partial charge on any atom is 0.226 e. The van der Waals surface area contributed by atoms with E-state index in [2.05, 4.69) is 52.8 Å². The molecule has 0 aliphatic rings. The summed E-state index contributed by atoms with van der Waals surface area (Å²) < 4.78 is 2.16. The molecule has 0 spiro atoms. The predicted molar refractivity (Wildman–Crippen MR) is 53.1 cm³/mol. The lowest BCUT2D eigenvalue weighted by Crippen LogP contribution is -2.24. The van der Waals surface area contributed by atoms with Gasteiger partial charge in [0.25, 0.3) is 0 Å². The van der Waals surface area contributed by atoms with Crippen molar-refractivity contribution in [3.8, 4) is 0 Å². The second-order valence-corrected chi connectivity index (χ2v) is 3.33. The fourth-order valence-corrected chi connectivity index (χ4v) is 1.85. The van der Waals surface area contributed by atoms with Crippen molar-refractivity contribution in [1.29, 1.82) is 0 Å². The summed E-state index contributed by atoms with van der Waals surface area (Å²) in [5.74, 6) is 0. The maximum absolute atomic E-state index is 2.16. The van der Waals surface area contributed by atoms with Gasteiger partial charge in [0.2, 0.25) is 5.52 Å². The van der Waals surface area contributed by atoms with E-state index >= 15 is 0 Å². The van der Waals surface area contributed by atoms with Crippen LogP contribution in [0, 0.1) is 0 Å². The van der Waals surface area contributed by atoms with Crippen molar-refractivity contribution in [3.05, 3.63) is 42.6 Å². The van der Waals surface area contributed by atoms with Crippen molar-refractivity contribution in [2.45, 2.75) is 0 Å². The number of nitrogens with zero attached hydrogens (tertiary/aromatic N) is 1. The standard InChI is InChI=1S/C10H10NS/c1-12-11-8-4-6-9-5-2-3-7-10(9)11/h2-8H,1H3/q+1. The molecule has 0 N–H and O–H groups in total. The smallest absolute Gasteiger partial charge is 0.127 e. The molecule has 1 heterocycles. The van der Waals surface area contributed by atoms with E-state index in [1.165, 1.54) is 10.9 Å². The third-order valence-corrected chi connectivity index (χ3v) is 2.58. The third-order valence-electron chi connectivity index (χ3n) is 1.87. The van der Waals surface area contributed by atoms with Gasteiger partial charge in [-0.05, 0) is 12.1 Å². The predicted octanol–water partition coefficient (Wildman–Crippen LogP) is 2.25. The minimum Gasteiger partial charge on any atom is -0.127 e. The molecule has 1 aromatic carbocycles. The van der Waals surface area contributed by atoms with E-state index in [0.29, 0.717) is 0 Å². The Labute approximate surface area is 76.2 Å². The van der Waals surface area contributed by atoms with Crippen molar-refractivity contribution in [1.82, 2.24) is 0 Å². The van der Waals surface area contributed by atoms with Crippen LogP contribution in [0.25, 0.3) is 10.9 Å². The molecule has 0 radical (unpaired) electrons. The number of pyridine rings is 1. The average Bonchev–Trinajstić information content (AvgIpc) is 2.17. The average molecular weight is 176 g/mol. The molecule has 12 heavy (non-hydrogen) atoms. The lowest BCUT2D eigenvalue weighted by molar-refractivity contribution is -0.462. The molecule has 2 aromatic rings. The van der Waals surface area contributed by atoms with Gasteiger partial charge in [-0.1, -0.05) is 12.1 Å². The number of fused-ring (bicyclic) bond motifs is 1. The number of aromatic nitrogens is 1. The number of para-hydroxylation sites is 1. The Morgan fingerprint density at radius 2 is 1.83 bits per heavy atom. The van der Waals surface area contributed by atoms with Crippen LogP contribution in [-0.4, -0.2) is 6.26 Å². The molecule has 0 saturated carbocycles. The fourth-order valence-electron chi connectivity index (χ4n) is 1.29. The Morgan fingerprint density at radius 3 is 2.67 bits per heavy atom. The van der Waals surface area contributed by atoms with Crippen LogP contribution in [0.5, 0.6) is 0 Å². The third kappa shape index (κ3) is 1.18. The lowest BCUT2D eigenvalue weighted by Gasteiger charge is -1.94. The van der Waals surface area contributed by atoms with Crippen molar-refractivity contribution >= 4 is 22.9 Å². The summed E-state index contributed by atoms with van der Waals surface area (Å²) in [5.41, 5.74) is 1.27. The van der Waals surface area contributed by atoms with Gasteiger partial charge in [-0.3, -0.25) is 0 Å². The quantitative estimate of drug-likeness (QED) is 0.603. The van der Waals surface area contributed by atoms with E-state index < -0.39 is 0 Å². The first-order chi connectivity index (χ1) is 5.92. The van der Waals surface area contributed by atoms with Gasteiger partial charge in [0.05, 0.1) is 0 Å². The number of rotatable bonds is 1. The molecule has 0 aliphatic carbocycles. The zero-order chi connectivity index (χ0) is 8.39. The molecule has 0 atom stereocenters. The number of hydrogen-bond donors (Lipinski definition) is 0. The zero-order valence-corrected chi connectivity index (χ0v) is 7.71. The summed E-state index contributed by atoms with van der Waals surface area (Å²) >= 11 is 1.71. The van der Waals surface area contributed by atoms with Crippen molar-refractivity contribution in [2.75, 3.05) is 6.26 Å². The normalized spacial score (nSPS) is 10.4. The largest absolute Gasteiger partial charge is 0.226 e. The van der Waals surface area contributed by atoms with Gasteiger partial charge < -0.3 is 0 Å². The molecule has 0 unspecified atom stereocenters. The van der Waals surface area contributed by atoms with Crippen LogP contribution in [0.1, 0.15) is 0 Å². The molecule has 0 bridgehead atoms. The number of benzene rings is 1. The molecule has 60 valence electrons. The molecule has 1 nitrogen and oxygen atoms in total. The summed E-state index contributed by atoms with van der Waals surface area (Å²) in [7, 11) is 0. The van der Waals surface area contributed by atoms with Crippen LogP contribution in [0.4, 0.5) is 0 Å². The van der Waals surface area contributed by atoms with Gasteiger partial charge in [-0.25, -0.2) is 0 Å². The van der Waals surface area contributed by atoms with Gasteiger partial charge in [0, 0.05) is 23.8 Å². The van der Waals surface area contributed by atoms with Gasteiger partial charge >= 0.3 is 0 Å². The molecular weight excluding hydrogens is 166 g/mol. The topological polar surface area (TPSA) is 3.88 Å². The molecule has 0 aliphatic heterocycles. The molecule has 2 heteroatoms. The zero-order valence-electron chi connectivity index (χ0n) is 6.90. The van der Waals surface area contributed by atoms with Crippen LogP contribution in [0.3, 0.4) is 0 Å². The van der Waals surface area contributed by atoms with E-state index in [9.17, 15) is 0 Å². The van der Waals surface area contributed by atoms with E-state index in [1.54, 1.807) is 11.9 Å². The van der Waals surface area contributed by atoms with E-state index in [4.69, 9.17) is 0 Å². The van der Waals surface area contributed by atoms with Crippen molar-refractivity contribution in [2.24, 2.45) is 0 Å². The molecule has 0 saturated heterocycles. The first-order valence-corrected chi connectivity index (χ1v) is 5.04. The van der Waals surface area contributed by atoms with Gasteiger partial charge in [-0.2, -0.15) is 0 Å². The molecule has 2 rings (SSSR count). The van der Waals surface area contributed by atoms with Crippen LogP contribution in [0.2, 0.25) is 0 Å². The van der Waals surface area contributed by atoms with Crippen LogP contribution < -0.4 is 3.97 Å². The van der Waals surface area contributed by atoms with Gasteiger partial charge in [0.1, 0.15) is 0 Å². The minimum atomic E-state index is 1.27. The summed E-state index contributed by atoms with van der Waals surface area (Å²) in [4.78, 5) is 0. The van der Waals surface area contributed by atoms with Crippen molar-refractivity contribution < 1.29 is 3.97 Å². The summed E-state index contributed by atoms with van der Waals surface area (Å²) in [6.07, 6.45) is 4.15. The second kappa shape index (κ2) is 3.15. The minimum absolute atomic E-state index is 1.27. The molecular formula is C10H10NS+. The Hall–Kier alpha value is -1.02. The van der Waals surface area contributed by atoms with Crippen LogP contribution >= 0.6 is 11.9 Å². The Morgan fingerprint density at radius 1 is 1.08 bits per heavy atom. The highest BCUT2D eigenvalue weighted by Gasteiger charge is 2.04. The number of hydrogen-bond acceptors (Lipinski definition) is 1. The van der Waals surface area contributed by atoms with E-state index in [1.807, 2.05) is 0 Å². The molecule has 1 aromatic heterocycles. The lowest BCUT2D eigenvalue weighted by atomic mass is 10.2. The summed E-state index contributed by atoms with van der Waals surface area (Å²) in [5, 5.41) is 1.29. The van der Waals surface area contributed by atoms with Gasteiger partial charge in [-0.15, -0.1) is 3.97 Å². The summed E-state index contributed by atoms with van der Waals surface area (Å²) in [6, 6.07) is 12.6. The molecule has 0 amide bonds. The highest BCUT2D eigenvalue weighted by molar-refractivity contribution is 7.92. The van der Waals surface area contributed by atoms with Crippen molar-refractivity contribution in [3.63, 3.8) is 0 Å². The highest BCUT2D eigenvalue weighted by atomic mass is 32.2. The second-order valence-electron chi connectivity index (χ2n) is 2.58. The Bertz CT molecular complexity index is 392. The SMILES string of the molecule is CS[n+]1cccc2ccccc21. The van der Waals surface area contributed by atoms with Crippen LogP contribution in [0.15, 0.2) is 42.6 Å². The Kier molecular flexibility index (Phi) is 2.00. The highest BCUT2D eigenvalue weighted by Crippen LogP contribution is 2.09. The maximum atomic E-state index is 2.16. The summed E-state index contributed by atoms with van der Waals surface area (Å²) in [6.45, 7) is 0. The van der Waals surface area contributed by atoms with E-state index in [-0.39, 0.29) is 0 Å². The monoisotopic (exact) mass is 176 g/mol. The van der Waals surface area contributed by atoms with Gasteiger partial charge in [0.15, 0.2) is 18.1 Å². The first kappa shape index (κ1) is 7.62. The van der Waals surface area contributed by atoms with Crippen LogP contribution in [-0.2, 0) is 0 Å². The fraction of sp³-hybridized carbons (Fsp3) is 0.100. The Balaban J connectivity index is 2.79. The molecule has 0 fully saturated rings. The van der Waals surface area contributed by atoms with E-state index in [0.717, 1.165) is 0 Å². The first-order valence-electron chi connectivity index (χ1n) is 3.86.